The Hall–Kier alpha value is -0.650. The number of carbonyl (C=O) groups is 1. The van der Waals surface area contributed by atoms with Gasteiger partial charge in [0.15, 0.2) is 6.10 Å². The number of aliphatic hydroxyl groups is 2. The minimum Gasteiger partial charge on any atom is -0.457 e. The zero-order valence-corrected chi connectivity index (χ0v) is 7.92. The maximum absolute atomic E-state index is 11.1. The molecule has 0 spiro atoms. The van der Waals surface area contributed by atoms with Crippen molar-refractivity contribution in [3.63, 3.8) is 0 Å². The number of rotatable bonds is 2. The number of aliphatic hydroxyl groups excluding tert-OH is 2. The molecule has 2 N–H and O–H groups in total. The zero-order chi connectivity index (χ0) is 10.3. The van der Waals surface area contributed by atoms with Crippen LogP contribution in [0.5, 0.6) is 0 Å². The van der Waals surface area contributed by atoms with Crippen LogP contribution in [0.15, 0.2) is 0 Å². The second-order valence-electron chi connectivity index (χ2n) is 3.92. The van der Waals surface area contributed by atoms with E-state index >= 15 is 0 Å². The molecule has 2 aliphatic rings. The number of ether oxygens (including phenoxy) is 2. The van der Waals surface area contributed by atoms with Crippen molar-refractivity contribution < 1.29 is 24.5 Å². The standard InChI is InChI=1S/C9H14O5/c1-13-3-5-4-2-6(10)14-9(7(4)11)8(5)12/h4-5,7-9,11-12H,2-3H2,1H3/t4-,5+,7+,8-,9?/m1/s1. The Morgan fingerprint density at radius 3 is 2.86 bits per heavy atom. The lowest BCUT2D eigenvalue weighted by Crippen LogP contribution is -2.40. The predicted octanol–water partition coefficient (Wildman–Crippen LogP) is -1.08. The predicted molar refractivity (Wildman–Crippen MR) is 45.4 cm³/mol. The van der Waals surface area contributed by atoms with E-state index in [-0.39, 0.29) is 24.2 Å². The molecule has 1 aliphatic heterocycles. The number of fused-ring (bicyclic) bond motifs is 2. The van der Waals surface area contributed by atoms with Crippen molar-refractivity contribution in [2.24, 2.45) is 11.8 Å². The smallest absolute Gasteiger partial charge is 0.306 e. The molecule has 1 saturated carbocycles. The maximum atomic E-state index is 11.1. The van der Waals surface area contributed by atoms with E-state index in [9.17, 15) is 15.0 Å². The Morgan fingerprint density at radius 1 is 1.50 bits per heavy atom. The molecule has 2 fully saturated rings. The fourth-order valence-electron chi connectivity index (χ4n) is 2.41. The highest BCUT2D eigenvalue weighted by atomic mass is 16.6. The van der Waals surface area contributed by atoms with Gasteiger partial charge in [-0.1, -0.05) is 0 Å². The van der Waals surface area contributed by atoms with Gasteiger partial charge in [0.2, 0.25) is 0 Å². The van der Waals surface area contributed by atoms with Gasteiger partial charge in [0.1, 0.15) is 0 Å². The van der Waals surface area contributed by atoms with Gasteiger partial charge in [0.25, 0.3) is 0 Å². The molecule has 5 atom stereocenters. The molecule has 1 unspecified atom stereocenters. The molecule has 0 aromatic carbocycles. The SMILES string of the molecule is COC[C@H]1[C@H]2CC(=O)OC([C@H]2O)[C@@H]1O. The fourth-order valence-corrected chi connectivity index (χ4v) is 2.41. The first kappa shape index (κ1) is 9.89. The van der Waals surface area contributed by atoms with Gasteiger partial charge in [-0.05, 0) is 0 Å². The highest BCUT2D eigenvalue weighted by molar-refractivity contribution is 5.71. The summed E-state index contributed by atoms with van der Waals surface area (Å²) < 4.78 is 9.83. The van der Waals surface area contributed by atoms with Crippen molar-refractivity contribution in [3.05, 3.63) is 0 Å². The second-order valence-corrected chi connectivity index (χ2v) is 3.92. The summed E-state index contributed by atoms with van der Waals surface area (Å²) >= 11 is 0. The van der Waals surface area contributed by atoms with Crippen LogP contribution < -0.4 is 0 Å². The Morgan fingerprint density at radius 2 is 2.21 bits per heavy atom. The quantitative estimate of drug-likeness (QED) is 0.557. The van der Waals surface area contributed by atoms with E-state index < -0.39 is 18.3 Å². The van der Waals surface area contributed by atoms with E-state index in [1.54, 1.807) is 0 Å². The first-order valence-electron chi connectivity index (χ1n) is 4.69. The number of carbonyl (C=O) groups excluding carboxylic acids is 1. The molecule has 1 aliphatic carbocycles. The second kappa shape index (κ2) is 3.49. The third kappa shape index (κ3) is 1.32. The number of hydrogen-bond donors (Lipinski definition) is 2. The van der Waals surface area contributed by atoms with Gasteiger partial charge in [-0.2, -0.15) is 0 Å². The minimum atomic E-state index is -0.804. The van der Waals surface area contributed by atoms with Gasteiger partial charge in [-0.3, -0.25) is 4.79 Å². The molecule has 5 nitrogen and oxygen atoms in total. The van der Waals surface area contributed by atoms with E-state index in [4.69, 9.17) is 9.47 Å². The topological polar surface area (TPSA) is 76.0 Å². The Kier molecular flexibility index (Phi) is 2.47. The van der Waals surface area contributed by atoms with Gasteiger partial charge in [-0.25, -0.2) is 0 Å². The maximum Gasteiger partial charge on any atom is 0.306 e. The average Bonchev–Trinajstić information content (AvgIpc) is 2.32. The molecular weight excluding hydrogens is 188 g/mol. The lowest BCUT2D eigenvalue weighted by Gasteiger charge is -2.25. The van der Waals surface area contributed by atoms with E-state index in [0.29, 0.717) is 6.61 Å². The van der Waals surface area contributed by atoms with Gasteiger partial charge in [-0.15, -0.1) is 0 Å². The highest BCUT2D eigenvalue weighted by Crippen LogP contribution is 2.40. The summed E-state index contributed by atoms with van der Waals surface area (Å²) in [5, 5.41) is 19.5. The first-order chi connectivity index (χ1) is 6.65. The molecule has 80 valence electrons. The lowest BCUT2D eigenvalue weighted by atomic mass is 9.91. The van der Waals surface area contributed by atoms with Crippen molar-refractivity contribution in [2.75, 3.05) is 13.7 Å². The number of esters is 1. The van der Waals surface area contributed by atoms with Gasteiger partial charge < -0.3 is 19.7 Å². The van der Waals surface area contributed by atoms with E-state index in [1.807, 2.05) is 0 Å². The van der Waals surface area contributed by atoms with Crippen LogP contribution in [0.3, 0.4) is 0 Å². The fraction of sp³-hybridized carbons (Fsp3) is 0.889. The third-order valence-electron chi connectivity index (χ3n) is 3.13. The molecule has 0 aromatic heterocycles. The summed E-state index contributed by atoms with van der Waals surface area (Å²) in [7, 11) is 1.53. The lowest BCUT2D eigenvalue weighted by molar-refractivity contribution is -0.168. The van der Waals surface area contributed by atoms with Crippen LogP contribution in [0, 0.1) is 11.8 Å². The summed E-state index contributed by atoms with van der Waals surface area (Å²) in [6.45, 7) is 0.343. The van der Waals surface area contributed by atoms with Crippen LogP contribution in [0.4, 0.5) is 0 Å². The summed E-state index contributed by atoms with van der Waals surface area (Å²) in [5.74, 6) is -0.773. The molecule has 0 radical (unpaired) electrons. The van der Waals surface area contributed by atoms with E-state index in [2.05, 4.69) is 0 Å². The Balaban J connectivity index is 2.18. The van der Waals surface area contributed by atoms with Crippen LogP contribution in [-0.2, 0) is 14.3 Å². The highest BCUT2D eigenvalue weighted by Gasteiger charge is 2.55. The zero-order valence-electron chi connectivity index (χ0n) is 7.92. The molecular formula is C9H14O5. The van der Waals surface area contributed by atoms with Crippen LogP contribution in [0.1, 0.15) is 6.42 Å². The van der Waals surface area contributed by atoms with Crippen LogP contribution in [0.25, 0.3) is 0 Å². The molecule has 5 heteroatoms. The van der Waals surface area contributed by atoms with E-state index in [1.165, 1.54) is 7.11 Å². The molecule has 1 saturated heterocycles. The van der Waals surface area contributed by atoms with E-state index in [0.717, 1.165) is 0 Å². The molecule has 14 heavy (non-hydrogen) atoms. The van der Waals surface area contributed by atoms with Gasteiger partial charge in [0, 0.05) is 18.9 Å². The normalized spacial score (nSPS) is 46.5. The molecule has 2 rings (SSSR count). The molecule has 0 aromatic rings. The largest absolute Gasteiger partial charge is 0.457 e. The summed E-state index contributed by atoms with van der Waals surface area (Å²) in [6, 6.07) is 0. The minimum absolute atomic E-state index is 0.169. The monoisotopic (exact) mass is 202 g/mol. The van der Waals surface area contributed by atoms with Crippen LogP contribution >= 0.6 is 0 Å². The van der Waals surface area contributed by atoms with Crippen molar-refractivity contribution in [3.8, 4) is 0 Å². The summed E-state index contributed by atoms with van der Waals surface area (Å²) in [4.78, 5) is 11.1. The summed E-state index contributed by atoms with van der Waals surface area (Å²) in [6.07, 6.45) is -2.14. The number of hydrogen-bond acceptors (Lipinski definition) is 5. The van der Waals surface area contributed by atoms with Crippen molar-refractivity contribution in [1.82, 2.24) is 0 Å². The molecule has 0 amide bonds. The average molecular weight is 202 g/mol. The van der Waals surface area contributed by atoms with Crippen molar-refractivity contribution in [1.29, 1.82) is 0 Å². The third-order valence-corrected chi connectivity index (χ3v) is 3.13. The molecule has 1 heterocycles. The summed E-state index contributed by atoms with van der Waals surface area (Å²) in [5.41, 5.74) is 0. The molecule has 2 bridgehead atoms. The Bertz CT molecular complexity index is 241. The Labute approximate surface area is 81.6 Å². The first-order valence-corrected chi connectivity index (χ1v) is 4.69. The van der Waals surface area contributed by atoms with Gasteiger partial charge >= 0.3 is 5.97 Å². The number of methoxy groups -OCH3 is 1. The van der Waals surface area contributed by atoms with Crippen LogP contribution in [-0.4, -0.2) is 48.2 Å². The van der Waals surface area contributed by atoms with Gasteiger partial charge in [0.05, 0.1) is 25.2 Å². The van der Waals surface area contributed by atoms with Crippen molar-refractivity contribution in [2.45, 2.75) is 24.7 Å². The van der Waals surface area contributed by atoms with Crippen molar-refractivity contribution >= 4 is 5.97 Å². The van der Waals surface area contributed by atoms with Crippen LogP contribution in [0.2, 0.25) is 0 Å².